The maximum Gasteiger partial charge on any atom is 0.244 e. The Morgan fingerprint density at radius 1 is 1.36 bits per heavy atom. The van der Waals surface area contributed by atoms with Gasteiger partial charge in [0.1, 0.15) is 6.04 Å². The molecule has 0 fully saturated rings. The van der Waals surface area contributed by atoms with Gasteiger partial charge in [-0.25, -0.2) is 0 Å². The first-order valence-electron chi connectivity index (χ1n) is 6.69. The number of aromatic nitrogens is 2. The van der Waals surface area contributed by atoms with Crippen molar-refractivity contribution in [2.24, 2.45) is 16.5 Å². The molecule has 6 nitrogen and oxygen atoms in total. The molecule has 0 aromatic carbocycles. The fourth-order valence-corrected chi connectivity index (χ4v) is 2.73. The third-order valence-electron chi connectivity index (χ3n) is 3.73. The highest BCUT2D eigenvalue weighted by Crippen LogP contribution is 2.25. The number of halogens is 1. The van der Waals surface area contributed by atoms with Crippen molar-refractivity contribution in [1.82, 2.24) is 9.97 Å². The van der Waals surface area contributed by atoms with Gasteiger partial charge in [0.15, 0.2) is 0 Å². The summed E-state index contributed by atoms with van der Waals surface area (Å²) in [4.78, 5) is 24.5. The van der Waals surface area contributed by atoms with Crippen LogP contribution >= 0.6 is 11.6 Å². The Bertz CT molecular complexity index is 880. The standard InChI is InChI=1S/C15H14ClN5O/c1-7-8(5-19-6-9(7)16)11-12(17)14(15(18)22)21-10-3-2-4-20-13(10)11/h2-6,12,14H,17H2,1H3,(H2,18,22). The van der Waals surface area contributed by atoms with Crippen LogP contribution in [-0.2, 0) is 4.79 Å². The molecule has 1 aliphatic rings. The molecular formula is C15H14ClN5O. The van der Waals surface area contributed by atoms with E-state index in [1.54, 1.807) is 30.7 Å². The number of pyridine rings is 2. The van der Waals surface area contributed by atoms with Crippen molar-refractivity contribution in [2.45, 2.75) is 19.0 Å². The van der Waals surface area contributed by atoms with E-state index in [1.165, 1.54) is 0 Å². The van der Waals surface area contributed by atoms with E-state index in [2.05, 4.69) is 15.0 Å². The molecule has 2 atom stereocenters. The molecule has 22 heavy (non-hydrogen) atoms. The zero-order valence-electron chi connectivity index (χ0n) is 11.8. The third kappa shape index (κ3) is 2.26. The first kappa shape index (κ1) is 14.6. The number of primary amides is 1. The summed E-state index contributed by atoms with van der Waals surface area (Å²) in [6, 6.07) is 1.99. The molecule has 3 rings (SSSR count). The van der Waals surface area contributed by atoms with Crippen LogP contribution in [-0.4, -0.2) is 28.0 Å². The van der Waals surface area contributed by atoms with Crippen molar-refractivity contribution in [1.29, 1.82) is 0 Å². The molecule has 7 heteroatoms. The monoisotopic (exact) mass is 315 g/mol. The van der Waals surface area contributed by atoms with Gasteiger partial charge in [-0.05, 0) is 24.6 Å². The second-order valence-electron chi connectivity index (χ2n) is 5.08. The molecule has 1 amide bonds. The SMILES string of the molecule is Cc1c(Cl)cncc1C1=c2ncccc2=NC(C(N)=O)C1N. The van der Waals surface area contributed by atoms with Gasteiger partial charge < -0.3 is 11.5 Å². The topological polar surface area (TPSA) is 107 Å². The molecule has 3 heterocycles. The van der Waals surface area contributed by atoms with Crippen LogP contribution in [0.5, 0.6) is 0 Å². The van der Waals surface area contributed by atoms with Gasteiger partial charge in [-0.15, -0.1) is 0 Å². The number of carbonyl (C=O) groups is 1. The maximum absolute atomic E-state index is 11.7. The first-order chi connectivity index (χ1) is 10.5. The van der Waals surface area contributed by atoms with E-state index in [-0.39, 0.29) is 0 Å². The zero-order chi connectivity index (χ0) is 15.9. The fraction of sp³-hybridized carbons (Fsp3) is 0.200. The van der Waals surface area contributed by atoms with Crippen LogP contribution in [0.3, 0.4) is 0 Å². The van der Waals surface area contributed by atoms with Gasteiger partial charge in [0.2, 0.25) is 5.91 Å². The second kappa shape index (κ2) is 5.47. The summed E-state index contributed by atoms with van der Waals surface area (Å²) in [6.07, 6.45) is 4.88. The highest BCUT2D eigenvalue weighted by molar-refractivity contribution is 6.31. The first-order valence-corrected chi connectivity index (χ1v) is 7.07. The second-order valence-corrected chi connectivity index (χ2v) is 5.49. The van der Waals surface area contributed by atoms with Crippen LogP contribution in [0.1, 0.15) is 11.1 Å². The zero-order valence-corrected chi connectivity index (χ0v) is 12.6. The Morgan fingerprint density at radius 2 is 2.14 bits per heavy atom. The number of rotatable bonds is 2. The average molecular weight is 316 g/mol. The van der Waals surface area contributed by atoms with Gasteiger partial charge in [-0.3, -0.25) is 19.8 Å². The van der Waals surface area contributed by atoms with Crippen LogP contribution in [0.15, 0.2) is 35.7 Å². The maximum atomic E-state index is 11.7. The van der Waals surface area contributed by atoms with Crippen LogP contribution in [0.2, 0.25) is 5.02 Å². The van der Waals surface area contributed by atoms with Gasteiger partial charge >= 0.3 is 0 Å². The lowest BCUT2D eigenvalue weighted by Gasteiger charge is -2.25. The van der Waals surface area contributed by atoms with Gasteiger partial charge in [0.25, 0.3) is 0 Å². The van der Waals surface area contributed by atoms with E-state index in [4.69, 9.17) is 23.1 Å². The van der Waals surface area contributed by atoms with Gasteiger partial charge in [0.05, 0.1) is 21.8 Å². The molecule has 0 radical (unpaired) electrons. The molecule has 0 aliphatic carbocycles. The predicted octanol–water partition coefficient (Wildman–Crippen LogP) is -0.548. The molecule has 0 bridgehead atoms. The Morgan fingerprint density at radius 3 is 2.86 bits per heavy atom. The Kier molecular flexibility index (Phi) is 3.64. The lowest BCUT2D eigenvalue weighted by Crippen LogP contribution is -2.52. The normalized spacial score (nSPS) is 20.2. The minimum atomic E-state index is -0.843. The summed E-state index contributed by atoms with van der Waals surface area (Å²) >= 11 is 6.15. The highest BCUT2D eigenvalue weighted by atomic mass is 35.5. The van der Waals surface area contributed by atoms with E-state index < -0.39 is 18.0 Å². The van der Waals surface area contributed by atoms with Crippen molar-refractivity contribution in [3.8, 4) is 0 Å². The highest BCUT2D eigenvalue weighted by Gasteiger charge is 2.31. The van der Waals surface area contributed by atoms with E-state index >= 15 is 0 Å². The summed E-state index contributed by atoms with van der Waals surface area (Å²) in [5.41, 5.74) is 13.9. The lowest BCUT2D eigenvalue weighted by molar-refractivity contribution is -0.119. The molecule has 1 aliphatic heterocycles. The molecule has 4 N–H and O–H groups in total. The van der Waals surface area contributed by atoms with Gasteiger partial charge in [-0.2, -0.15) is 0 Å². The van der Waals surface area contributed by atoms with Crippen LogP contribution in [0.4, 0.5) is 0 Å². The minimum absolute atomic E-state index is 0.521. The fourth-order valence-electron chi connectivity index (χ4n) is 2.57. The summed E-state index contributed by atoms with van der Waals surface area (Å²) in [5, 5.41) is 1.73. The van der Waals surface area contributed by atoms with E-state index in [0.29, 0.717) is 21.3 Å². The Balaban J connectivity index is 2.39. The number of carbonyl (C=O) groups excluding carboxylic acids is 1. The van der Waals surface area contributed by atoms with E-state index in [0.717, 1.165) is 11.1 Å². The number of hydrogen-bond donors (Lipinski definition) is 2. The molecule has 0 spiro atoms. The number of nitrogens with zero attached hydrogens (tertiary/aromatic N) is 3. The molecular weight excluding hydrogens is 302 g/mol. The number of amides is 1. The number of hydrogen-bond acceptors (Lipinski definition) is 5. The van der Waals surface area contributed by atoms with E-state index in [9.17, 15) is 4.79 Å². The average Bonchev–Trinajstić information content (AvgIpc) is 2.50. The molecule has 0 saturated heterocycles. The molecule has 112 valence electrons. The Hall–Kier alpha value is -2.31. The summed E-state index contributed by atoms with van der Waals surface area (Å²) < 4.78 is 0. The summed E-state index contributed by atoms with van der Waals surface area (Å²) in [7, 11) is 0. The molecule has 0 saturated carbocycles. The predicted molar refractivity (Wildman–Crippen MR) is 82.5 cm³/mol. The van der Waals surface area contributed by atoms with Crippen molar-refractivity contribution >= 4 is 23.1 Å². The van der Waals surface area contributed by atoms with Crippen LogP contribution in [0, 0.1) is 6.92 Å². The lowest BCUT2D eigenvalue weighted by atomic mass is 9.90. The van der Waals surface area contributed by atoms with Gasteiger partial charge in [-0.1, -0.05) is 11.6 Å². The van der Waals surface area contributed by atoms with Crippen LogP contribution in [0.25, 0.3) is 5.57 Å². The van der Waals surface area contributed by atoms with E-state index in [1.807, 2.05) is 6.92 Å². The summed E-state index contributed by atoms with van der Waals surface area (Å²) in [6.45, 7) is 1.87. The van der Waals surface area contributed by atoms with Crippen molar-refractivity contribution in [2.75, 3.05) is 0 Å². The quantitative estimate of drug-likeness (QED) is 0.775. The Labute approximate surface area is 131 Å². The summed E-state index contributed by atoms with van der Waals surface area (Å²) in [5.74, 6) is -0.577. The third-order valence-corrected chi connectivity index (χ3v) is 4.11. The number of nitrogens with two attached hydrogens (primary N) is 2. The molecule has 2 aromatic rings. The minimum Gasteiger partial charge on any atom is -0.368 e. The van der Waals surface area contributed by atoms with Crippen molar-refractivity contribution < 1.29 is 4.79 Å². The molecule has 2 unspecified atom stereocenters. The molecule has 2 aromatic heterocycles. The number of fused-ring (bicyclic) bond motifs is 1. The van der Waals surface area contributed by atoms with Gasteiger partial charge in [0, 0.05) is 29.7 Å². The van der Waals surface area contributed by atoms with Crippen molar-refractivity contribution in [3.05, 3.63) is 57.6 Å². The van der Waals surface area contributed by atoms with Crippen molar-refractivity contribution in [3.63, 3.8) is 0 Å². The smallest absolute Gasteiger partial charge is 0.244 e. The largest absolute Gasteiger partial charge is 0.368 e. The van der Waals surface area contributed by atoms with Crippen LogP contribution < -0.4 is 22.2 Å².